The molecule has 140 valence electrons. The summed E-state index contributed by atoms with van der Waals surface area (Å²) in [5.74, 6) is 0.261. The van der Waals surface area contributed by atoms with Gasteiger partial charge >= 0.3 is 0 Å². The van der Waals surface area contributed by atoms with Gasteiger partial charge in [0.05, 0.1) is 20.1 Å². The third-order valence-electron chi connectivity index (χ3n) is 4.95. The number of carbonyl (C=O) groups is 1. The van der Waals surface area contributed by atoms with E-state index >= 15 is 0 Å². The number of sulfone groups is 1. The second-order valence-electron chi connectivity index (χ2n) is 6.89. The van der Waals surface area contributed by atoms with Crippen LogP contribution in [0.5, 0.6) is 0 Å². The summed E-state index contributed by atoms with van der Waals surface area (Å²) >= 11 is 1.73. The predicted octanol–water partition coefficient (Wildman–Crippen LogP) is 3.72. The van der Waals surface area contributed by atoms with E-state index in [1.807, 2.05) is 23.1 Å². The fraction of sp³-hybridized carbons (Fsp3) is 0.300. The van der Waals surface area contributed by atoms with Gasteiger partial charge in [0.25, 0.3) is 5.91 Å². The van der Waals surface area contributed by atoms with Crippen LogP contribution in [0.4, 0.5) is 0 Å². The molecule has 0 atom stereocenters. The van der Waals surface area contributed by atoms with Crippen molar-refractivity contribution >= 4 is 37.3 Å². The molecule has 0 N–H and O–H groups in total. The molecule has 1 aromatic heterocycles. The zero-order chi connectivity index (χ0) is 19.0. The largest absolute Gasteiger partial charge is 0.339 e. The fourth-order valence-electron chi connectivity index (χ4n) is 3.44. The van der Waals surface area contributed by atoms with Crippen LogP contribution in [-0.4, -0.2) is 43.6 Å². The minimum atomic E-state index is -3.32. The highest BCUT2D eigenvalue weighted by molar-refractivity contribution is 7.90. The van der Waals surface area contributed by atoms with Crippen LogP contribution in [0.15, 0.2) is 53.4 Å². The summed E-state index contributed by atoms with van der Waals surface area (Å²) in [6.07, 6.45) is 2.90. The molecule has 2 aromatic carbocycles. The van der Waals surface area contributed by atoms with Crippen molar-refractivity contribution in [3.8, 4) is 0 Å². The maximum atomic E-state index is 12.8. The van der Waals surface area contributed by atoms with Gasteiger partial charge in [0, 0.05) is 30.8 Å². The van der Waals surface area contributed by atoms with Crippen LogP contribution in [0.2, 0.25) is 0 Å². The van der Waals surface area contributed by atoms with E-state index in [9.17, 15) is 13.2 Å². The number of carbonyl (C=O) groups excluding carboxylic acids is 1. The van der Waals surface area contributed by atoms with Crippen molar-refractivity contribution in [2.24, 2.45) is 0 Å². The van der Waals surface area contributed by atoms with E-state index in [1.165, 1.54) is 16.8 Å². The number of rotatable bonds is 3. The Balaban J connectivity index is 1.46. The molecule has 1 aliphatic rings. The third kappa shape index (κ3) is 3.75. The molecule has 5 nitrogen and oxygen atoms in total. The summed E-state index contributed by atoms with van der Waals surface area (Å²) in [7, 11) is -3.32. The van der Waals surface area contributed by atoms with Gasteiger partial charge < -0.3 is 4.90 Å². The van der Waals surface area contributed by atoms with Gasteiger partial charge in [-0.3, -0.25) is 4.79 Å². The van der Waals surface area contributed by atoms with Gasteiger partial charge in [0.1, 0.15) is 0 Å². The van der Waals surface area contributed by atoms with Crippen LogP contribution in [-0.2, 0) is 9.84 Å². The van der Waals surface area contributed by atoms with E-state index in [2.05, 4.69) is 6.07 Å². The van der Waals surface area contributed by atoms with Crippen molar-refractivity contribution in [2.75, 3.05) is 19.3 Å². The highest BCUT2D eigenvalue weighted by Gasteiger charge is 2.27. The summed E-state index contributed by atoms with van der Waals surface area (Å²) in [6, 6.07) is 14.4. The summed E-state index contributed by atoms with van der Waals surface area (Å²) < 4.78 is 24.7. The molecular formula is C20H20N2O3S2. The van der Waals surface area contributed by atoms with E-state index < -0.39 is 9.84 Å². The van der Waals surface area contributed by atoms with Gasteiger partial charge in [-0.2, -0.15) is 0 Å². The Hall–Kier alpha value is -2.25. The molecule has 0 spiro atoms. The molecule has 7 heteroatoms. The Labute approximate surface area is 162 Å². The van der Waals surface area contributed by atoms with Crippen LogP contribution >= 0.6 is 11.3 Å². The van der Waals surface area contributed by atoms with Gasteiger partial charge in [-0.25, -0.2) is 13.4 Å². The van der Waals surface area contributed by atoms with Gasteiger partial charge in [-0.05, 0) is 43.2 Å². The van der Waals surface area contributed by atoms with E-state index in [0.717, 1.165) is 29.6 Å². The van der Waals surface area contributed by atoms with E-state index in [-0.39, 0.29) is 10.8 Å². The number of thiazole rings is 1. The van der Waals surface area contributed by atoms with Crippen molar-refractivity contribution in [2.45, 2.75) is 23.7 Å². The molecule has 0 unspecified atom stereocenters. The zero-order valence-electron chi connectivity index (χ0n) is 15.0. The maximum Gasteiger partial charge on any atom is 0.253 e. The predicted molar refractivity (Wildman–Crippen MR) is 107 cm³/mol. The molecular weight excluding hydrogens is 380 g/mol. The molecule has 1 amide bonds. The molecule has 1 fully saturated rings. The summed E-state index contributed by atoms with van der Waals surface area (Å²) in [5.41, 5.74) is 1.46. The molecule has 4 rings (SSSR count). The minimum absolute atomic E-state index is 0.108. The average Bonchev–Trinajstić information content (AvgIpc) is 3.11. The molecule has 1 aliphatic heterocycles. The lowest BCUT2D eigenvalue weighted by Crippen LogP contribution is -2.37. The number of hydrogen-bond acceptors (Lipinski definition) is 5. The van der Waals surface area contributed by atoms with Crippen molar-refractivity contribution in [3.63, 3.8) is 0 Å². The van der Waals surface area contributed by atoms with Gasteiger partial charge in [-0.15, -0.1) is 11.3 Å². The first-order chi connectivity index (χ1) is 12.9. The van der Waals surface area contributed by atoms with Crippen molar-refractivity contribution < 1.29 is 13.2 Å². The van der Waals surface area contributed by atoms with Crippen LogP contribution in [0.25, 0.3) is 10.2 Å². The number of nitrogens with zero attached hydrogens (tertiary/aromatic N) is 2. The van der Waals surface area contributed by atoms with Crippen LogP contribution in [0.3, 0.4) is 0 Å². The molecule has 0 radical (unpaired) electrons. The SMILES string of the molecule is CS(=O)(=O)c1cccc(C(=O)N2CCC(c3nc4ccccc4s3)CC2)c1. The van der Waals surface area contributed by atoms with Crippen LogP contribution < -0.4 is 0 Å². The Morgan fingerprint density at radius 2 is 1.85 bits per heavy atom. The smallest absolute Gasteiger partial charge is 0.253 e. The van der Waals surface area contributed by atoms with Crippen molar-refractivity contribution in [3.05, 3.63) is 59.1 Å². The molecule has 1 saturated heterocycles. The first-order valence-corrected chi connectivity index (χ1v) is 11.6. The second-order valence-corrected chi connectivity index (χ2v) is 9.96. The molecule has 0 bridgehead atoms. The average molecular weight is 401 g/mol. The Morgan fingerprint density at radius 3 is 2.56 bits per heavy atom. The Kier molecular flexibility index (Phi) is 4.74. The number of aromatic nitrogens is 1. The highest BCUT2D eigenvalue weighted by atomic mass is 32.2. The first-order valence-electron chi connectivity index (χ1n) is 8.87. The molecule has 0 aliphatic carbocycles. The fourth-order valence-corrected chi connectivity index (χ4v) is 5.24. The summed E-state index contributed by atoms with van der Waals surface area (Å²) in [4.78, 5) is 19.5. The van der Waals surface area contributed by atoms with E-state index in [0.29, 0.717) is 24.6 Å². The highest BCUT2D eigenvalue weighted by Crippen LogP contribution is 2.34. The molecule has 2 heterocycles. The number of fused-ring (bicyclic) bond motifs is 1. The van der Waals surface area contributed by atoms with Gasteiger partial charge in [0.15, 0.2) is 9.84 Å². The van der Waals surface area contributed by atoms with Gasteiger partial charge in [0.2, 0.25) is 0 Å². The van der Waals surface area contributed by atoms with E-state index in [1.54, 1.807) is 23.5 Å². The number of piperidine rings is 1. The van der Waals surface area contributed by atoms with E-state index in [4.69, 9.17) is 4.98 Å². The summed E-state index contributed by atoms with van der Waals surface area (Å²) in [5, 5.41) is 1.14. The topological polar surface area (TPSA) is 67.3 Å². The van der Waals surface area contributed by atoms with Crippen molar-refractivity contribution in [1.82, 2.24) is 9.88 Å². The van der Waals surface area contributed by atoms with Crippen LogP contribution in [0, 0.1) is 0 Å². The first kappa shape index (κ1) is 18.1. The lowest BCUT2D eigenvalue weighted by molar-refractivity contribution is 0.0712. The monoisotopic (exact) mass is 400 g/mol. The number of amides is 1. The minimum Gasteiger partial charge on any atom is -0.339 e. The molecule has 0 saturated carbocycles. The normalized spacial score (nSPS) is 16.0. The van der Waals surface area contributed by atoms with Crippen molar-refractivity contribution in [1.29, 1.82) is 0 Å². The second kappa shape index (κ2) is 7.05. The lowest BCUT2D eigenvalue weighted by atomic mass is 9.97. The van der Waals surface area contributed by atoms with Gasteiger partial charge in [-0.1, -0.05) is 18.2 Å². The standard InChI is InChI=1S/C20H20N2O3S2/c1-27(24,25)16-6-4-5-15(13-16)20(23)22-11-9-14(10-12-22)19-21-17-7-2-3-8-18(17)26-19/h2-8,13-14H,9-12H2,1H3. The van der Waals surface area contributed by atoms with Crippen LogP contribution in [0.1, 0.15) is 34.1 Å². The Morgan fingerprint density at radius 1 is 1.11 bits per heavy atom. The number of hydrogen-bond donors (Lipinski definition) is 0. The third-order valence-corrected chi connectivity index (χ3v) is 7.26. The Bertz CT molecular complexity index is 1060. The number of benzene rings is 2. The lowest BCUT2D eigenvalue weighted by Gasteiger charge is -2.31. The maximum absolute atomic E-state index is 12.8. The number of para-hydroxylation sites is 1. The number of likely N-dealkylation sites (tertiary alicyclic amines) is 1. The molecule has 3 aromatic rings. The quantitative estimate of drug-likeness (QED) is 0.672. The zero-order valence-corrected chi connectivity index (χ0v) is 16.6. The molecule has 27 heavy (non-hydrogen) atoms. The summed E-state index contributed by atoms with van der Waals surface area (Å²) in [6.45, 7) is 1.31.